The molecule has 0 spiro atoms. The van der Waals surface area contributed by atoms with Crippen LogP contribution >= 0.6 is 23.2 Å². The van der Waals surface area contributed by atoms with Gasteiger partial charge in [-0.15, -0.1) is 10.2 Å². The monoisotopic (exact) mass is 380 g/mol. The van der Waals surface area contributed by atoms with Crippen molar-refractivity contribution >= 4 is 34.6 Å². The zero-order valence-electron chi connectivity index (χ0n) is 13.5. The fourth-order valence-electron chi connectivity index (χ4n) is 2.12. The number of benzene rings is 1. The molecule has 0 amide bonds. The van der Waals surface area contributed by atoms with Crippen LogP contribution in [0.4, 0.5) is 11.4 Å². The fraction of sp³-hybridized carbons (Fsp3) is 0.250. The van der Waals surface area contributed by atoms with Gasteiger partial charge in [-0.25, -0.2) is 0 Å². The Bertz CT molecular complexity index is 932. The molecular weight excluding hydrogens is 367 g/mol. The summed E-state index contributed by atoms with van der Waals surface area (Å²) in [5, 5.41) is 27.8. The van der Waals surface area contributed by atoms with E-state index in [0.29, 0.717) is 5.02 Å². The normalized spacial score (nSPS) is 11.0. The molecule has 0 unspecified atom stereocenters. The molecule has 1 N–H and O–H groups in total. The molecule has 0 aliphatic heterocycles. The highest BCUT2D eigenvalue weighted by Gasteiger charge is 2.19. The van der Waals surface area contributed by atoms with Gasteiger partial charge in [0.1, 0.15) is 17.3 Å². The molecule has 0 aliphatic carbocycles. The Balaban J connectivity index is 2.61. The Morgan fingerprint density at radius 3 is 2.72 bits per heavy atom. The Hall–Kier alpha value is -2.40. The van der Waals surface area contributed by atoms with Gasteiger partial charge in [-0.1, -0.05) is 29.3 Å². The predicted octanol–water partition coefficient (Wildman–Crippen LogP) is 4.10. The van der Waals surface area contributed by atoms with E-state index in [-0.39, 0.29) is 40.7 Å². The van der Waals surface area contributed by atoms with E-state index in [0.717, 1.165) is 4.57 Å². The summed E-state index contributed by atoms with van der Waals surface area (Å²) < 4.78 is 5.93. The number of azo groups is 1. The van der Waals surface area contributed by atoms with Crippen LogP contribution in [0.3, 0.4) is 0 Å². The van der Waals surface area contributed by atoms with Gasteiger partial charge in [-0.3, -0.25) is 9.36 Å². The van der Waals surface area contributed by atoms with E-state index in [9.17, 15) is 15.2 Å². The predicted molar refractivity (Wildman–Crippen MR) is 94.3 cm³/mol. The van der Waals surface area contributed by atoms with Crippen LogP contribution in [0.1, 0.15) is 11.1 Å². The van der Waals surface area contributed by atoms with Crippen LogP contribution in [0.15, 0.2) is 33.2 Å². The van der Waals surface area contributed by atoms with Crippen LogP contribution in [-0.2, 0) is 11.3 Å². The van der Waals surface area contributed by atoms with Gasteiger partial charge in [0.05, 0.1) is 23.2 Å². The summed E-state index contributed by atoms with van der Waals surface area (Å²) in [6.07, 6.45) is 0. The van der Waals surface area contributed by atoms with Gasteiger partial charge in [-0.05, 0) is 19.1 Å². The average Bonchev–Trinajstić information content (AvgIpc) is 2.58. The molecule has 130 valence electrons. The number of ether oxygens (including phenoxy) is 1. The number of aromatic hydroxyl groups is 1. The highest BCUT2D eigenvalue weighted by atomic mass is 35.5. The topological polar surface area (TPSA) is 100.0 Å². The van der Waals surface area contributed by atoms with E-state index in [1.54, 1.807) is 18.2 Å². The molecule has 0 atom stereocenters. The van der Waals surface area contributed by atoms with Crippen molar-refractivity contribution in [2.45, 2.75) is 13.5 Å². The van der Waals surface area contributed by atoms with E-state index in [4.69, 9.17) is 27.9 Å². The van der Waals surface area contributed by atoms with Crippen LogP contribution in [-0.4, -0.2) is 23.4 Å². The Kier molecular flexibility index (Phi) is 6.15. The fourth-order valence-corrected chi connectivity index (χ4v) is 2.45. The molecule has 0 fully saturated rings. The summed E-state index contributed by atoms with van der Waals surface area (Å²) in [5.74, 6) is -0.429. The van der Waals surface area contributed by atoms with E-state index in [1.165, 1.54) is 14.0 Å². The highest BCUT2D eigenvalue weighted by molar-refractivity contribution is 6.43. The molecule has 0 saturated heterocycles. The average molecular weight is 381 g/mol. The minimum Gasteiger partial charge on any atom is -0.493 e. The summed E-state index contributed by atoms with van der Waals surface area (Å²) in [6.45, 7) is 1.75. The van der Waals surface area contributed by atoms with Crippen LogP contribution in [0.25, 0.3) is 0 Å². The van der Waals surface area contributed by atoms with Gasteiger partial charge < -0.3 is 9.84 Å². The molecular formula is C16H14Cl2N4O3. The van der Waals surface area contributed by atoms with Crippen LogP contribution < -0.4 is 5.56 Å². The van der Waals surface area contributed by atoms with Crippen molar-refractivity contribution in [2.24, 2.45) is 10.2 Å². The van der Waals surface area contributed by atoms with Crippen molar-refractivity contribution in [3.63, 3.8) is 0 Å². The summed E-state index contributed by atoms with van der Waals surface area (Å²) >= 11 is 12.0. The molecule has 0 saturated carbocycles. The molecule has 0 radical (unpaired) electrons. The second-order valence-electron chi connectivity index (χ2n) is 5.01. The van der Waals surface area contributed by atoms with Crippen LogP contribution in [0, 0.1) is 18.3 Å². The maximum Gasteiger partial charge on any atom is 0.281 e. The first kappa shape index (κ1) is 18.9. The molecule has 1 aromatic carbocycles. The zero-order valence-corrected chi connectivity index (χ0v) is 15.0. The third-order valence-corrected chi connectivity index (χ3v) is 4.29. The molecule has 2 rings (SSSR count). The lowest BCUT2D eigenvalue weighted by Crippen LogP contribution is -2.23. The maximum atomic E-state index is 12.6. The maximum absolute atomic E-state index is 12.6. The minimum absolute atomic E-state index is 0.0538. The first-order chi connectivity index (χ1) is 11.9. The number of aromatic nitrogens is 1. The smallest absolute Gasteiger partial charge is 0.281 e. The van der Waals surface area contributed by atoms with E-state index < -0.39 is 11.4 Å². The molecule has 2 aromatic rings. The van der Waals surface area contributed by atoms with E-state index >= 15 is 0 Å². The number of halogens is 2. The summed E-state index contributed by atoms with van der Waals surface area (Å²) in [5.41, 5.74) is -0.208. The van der Waals surface area contributed by atoms with Crippen molar-refractivity contribution in [2.75, 3.05) is 13.7 Å². The summed E-state index contributed by atoms with van der Waals surface area (Å²) in [4.78, 5) is 12.6. The minimum atomic E-state index is -0.590. The third-order valence-electron chi connectivity index (χ3n) is 3.48. The lowest BCUT2D eigenvalue weighted by atomic mass is 10.1. The number of nitrogens with zero attached hydrogens (tertiary/aromatic N) is 4. The molecule has 1 heterocycles. The molecule has 7 nitrogen and oxygen atoms in total. The third kappa shape index (κ3) is 3.82. The molecule has 0 bridgehead atoms. The van der Waals surface area contributed by atoms with Crippen LogP contribution in [0.5, 0.6) is 5.88 Å². The van der Waals surface area contributed by atoms with Gasteiger partial charge in [0, 0.05) is 12.7 Å². The van der Waals surface area contributed by atoms with Crippen molar-refractivity contribution < 1.29 is 9.84 Å². The Morgan fingerprint density at radius 1 is 1.36 bits per heavy atom. The number of nitriles is 1. The second-order valence-corrected chi connectivity index (χ2v) is 5.79. The Labute approximate surface area is 153 Å². The van der Waals surface area contributed by atoms with Crippen molar-refractivity contribution in [3.05, 3.63) is 49.7 Å². The molecule has 0 aliphatic rings. The van der Waals surface area contributed by atoms with Crippen molar-refractivity contribution in [1.29, 1.82) is 5.26 Å². The summed E-state index contributed by atoms with van der Waals surface area (Å²) in [6, 6.07) is 6.69. The van der Waals surface area contributed by atoms with Gasteiger partial charge in [-0.2, -0.15) is 5.26 Å². The second kappa shape index (κ2) is 8.12. The van der Waals surface area contributed by atoms with Crippen molar-refractivity contribution in [1.82, 2.24) is 4.57 Å². The van der Waals surface area contributed by atoms with Gasteiger partial charge >= 0.3 is 0 Å². The van der Waals surface area contributed by atoms with E-state index in [2.05, 4.69) is 10.2 Å². The Morgan fingerprint density at radius 2 is 2.08 bits per heavy atom. The molecule has 25 heavy (non-hydrogen) atoms. The quantitative estimate of drug-likeness (QED) is 0.788. The number of hydrogen-bond acceptors (Lipinski definition) is 6. The van der Waals surface area contributed by atoms with Crippen molar-refractivity contribution in [3.8, 4) is 11.9 Å². The van der Waals surface area contributed by atoms with Gasteiger partial charge in [0.15, 0.2) is 5.69 Å². The highest BCUT2D eigenvalue weighted by Crippen LogP contribution is 2.33. The van der Waals surface area contributed by atoms with Gasteiger partial charge in [0.25, 0.3) is 5.56 Å². The lowest BCUT2D eigenvalue weighted by molar-refractivity contribution is 0.182. The number of rotatable bonds is 5. The number of methoxy groups -OCH3 is 1. The SMILES string of the molecule is COCCn1c(O)c(C#N)c(C)c(N=Nc2cccc(Cl)c2Cl)c1=O. The molecule has 9 heteroatoms. The lowest BCUT2D eigenvalue weighted by Gasteiger charge is -2.12. The summed E-state index contributed by atoms with van der Waals surface area (Å²) in [7, 11) is 1.46. The largest absolute Gasteiger partial charge is 0.493 e. The van der Waals surface area contributed by atoms with Gasteiger partial charge in [0.2, 0.25) is 5.88 Å². The number of pyridine rings is 1. The zero-order chi connectivity index (χ0) is 18.6. The standard InChI is InChI=1S/C16H14Cl2N4O3/c1-9-10(8-19)15(23)22(6-7-25-2)16(24)14(9)21-20-12-5-3-4-11(17)13(12)18/h3-5,23H,6-7H2,1-2H3. The first-order valence-electron chi connectivity index (χ1n) is 7.13. The number of hydrogen-bond donors (Lipinski definition) is 1. The van der Waals surface area contributed by atoms with Crippen LogP contribution in [0.2, 0.25) is 10.0 Å². The first-order valence-corrected chi connectivity index (χ1v) is 7.89. The van der Waals surface area contributed by atoms with E-state index in [1.807, 2.05) is 6.07 Å². The molecule has 1 aromatic heterocycles.